The molecule has 2 amide bonds. The first-order valence-corrected chi connectivity index (χ1v) is 9.57. The predicted octanol–water partition coefficient (Wildman–Crippen LogP) is 1.83. The number of fused-ring (bicyclic) bond motifs is 2. The molecule has 1 saturated carbocycles. The molecule has 4 rings (SSSR count). The number of hydrogen-bond donors (Lipinski definition) is 0. The molecule has 132 valence electrons. The second kappa shape index (κ2) is 6.87. The maximum absolute atomic E-state index is 13.1. The van der Waals surface area contributed by atoms with E-state index in [0.717, 1.165) is 58.2 Å². The van der Waals surface area contributed by atoms with Crippen molar-refractivity contribution in [1.29, 1.82) is 0 Å². The number of carbonyl (C=O) groups excluding carboxylic acids is 2. The SMILES string of the molecule is O=C(CN(C[C@@H]1CCCO1)C(=O)[C@@H]1C[C@H]2C=C[C@H]1C2)N1CCCC1. The third-order valence-corrected chi connectivity index (χ3v) is 6.14. The van der Waals surface area contributed by atoms with Gasteiger partial charge in [-0.2, -0.15) is 0 Å². The zero-order valence-corrected chi connectivity index (χ0v) is 14.4. The van der Waals surface area contributed by atoms with E-state index in [0.29, 0.717) is 18.4 Å². The summed E-state index contributed by atoms with van der Waals surface area (Å²) >= 11 is 0. The number of nitrogens with zero attached hydrogens (tertiary/aromatic N) is 2. The molecule has 0 radical (unpaired) electrons. The van der Waals surface area contributed by atoms with Crippen LogP contribution < -0.4 is 0 Å². The molecule has 2 bridgehead atoms. The van der Waals surface area contributed by atoms with Crippen LogP contribution in [-0.2, 0) is 14.3 Å². The third kappa shape index (κ3) is 3.23. The molecule has 5 heteroatoms. The molecule has 24 heavy (non-hydrogen) atoms. The Morgan fingerprint density at radius 3 is 2.58 bits per heavy atom. The molecule has 0 N–H and O–H groups in total. The van der Waals surface area contributed by atoms with E-state index in [-0.39, 0.29) is 30.4 Å². The van der Waals surface area contributed by atoms with Crippen LogP contribution in [0.1, 0.15) is 38.5 Å². The summed E-state index contributed by atoms with van der Waals surface area (Å²) in [6.07, 6.45) is 10.9. The molecular weight excluding hydrogens is 304 g/mol. The summed E-state index contributed by atoms with van der Waals surface area (Å²) in [7, 11) is 0. The van der Waals surface area contributed by atoms with Gasteiger partial charge in [0.05, 0.1) is 12.6 Å². The monoisotopic (exact) mass is 332 g/mol. The van der Waals surface area contributed by atoms with Crippen LogP contribution in [0.25, 0.3) is 0 Å². The van der Waals surface area contributed by atoms with Gasteiger partial charge in [0.15, 0.2) is 0 Å². The minimum absolute atomic E-state index is 0.0766. The van der Waals surface area contributed by atoms with Crippen molar-refractivity contribution in [2.24, 2.45) is 17.8 Å². The molecule has 0 aromatic heterocycles. The van der Waals surface area contributed by atoms with Gasteiger partial charge in [-0.15, -0.1) is 0 Å². The number of hydrogen-bond acceptors (Lipinski definition) is 3. The van der Waals surface area contributed by atoms with Crippen LogP contribution in [0, 0.1) is 17.8 Å². The van der Waals surface area contributed by atoms with E-state index in [4.69, 9.17) is 4.74 Å². The molecule has 0 unspecified atom stereocenters. The molecule has 2 aliphatic carbocycles. The minimum atomic E-state index is 0.0766. The van der Waals surface area contributed by atoms with E-state index < -0.39 is 0 Å². The Hall–Kier alpha value is -1.36. The number of likely N-dealkylation sites (tertiary alicyclic amines) is 1. The third-order valence-electron chi connectivity index (χ3n) is 6.14. The number of carbonyl (C=O) groups is 2. The molecule has 0 spiro atoms. The summed E-state index contributed by atoms with van der Waals surface area (Å²) in [5.41, 5.74) is 0. The highest BCUT2D eigenvalue weighted by Gasteiger charge is 2.42. The molecule has 0 aromatic carbocycles. The minimum Gasteiger partial charge on any atom is -0.376 e. The molecular formula is C19H28N2O3. The van der Waals surface area contributed by atoms with Crippen LogP contribution >= 0.6 is 0 Å². The maximum atomic E-state index is 13.1. The topological polar surface area (TPSA) is 49.9 Å². The molecule has 3 fully saturated rings. The van der Waals surface area contributed by atoms with Gasteiger partial charge in [-0.05, 0) is 50.4 Å². The average Bonchev–Trinajstić information content (AvgIpc) is 3.38. The standard InChI is InChI=1S/C19H28N2O3/c22-18(20-7-1-2-8-20)13-21(12-16-4-3-9-24-16)19(23)17-11-14-5-6-15(17)10-14/h5-6,14-17H,1-4,7-13H2/t14-,15-,16-,17+/m0/s1. The van der Waals surface area contributed by atoms with E-state index >= 15 is 0 Å². The zero-order valence-electron chi connectivity index (χ0n) is 14.4. The molecule has 2 aliphatic heterocycles. The fraction of sp³-hybridized carbons (Fsp3) is 0.789. The summed E-state index contributed by atoms with van der Waals surface area (Å²) < 4.78 is 5.73. The van der Waals surface area contributed by atoms with Crippen molar-refractivity contribution in [2.45, 2.75) is 44.6 Å². The highest BCUT2D eigenvalue weighted by Crippen LogP contribution is 2.44. The summed E-state index contributed by atoms with van der Waals surface area (Å²) in [5, 5.41) is 0. The molecule has 0 aromatic rings. The highest BCUT2D eigenvalue weighted by molar-refractivity contribution is 5.86. The van der Waals surface area contributed by atoms with Crippen LogP contribution in [0.15, 0.2) is 12.2 Å². The molecule has 5 nitrogen and oxygen atoms in total. The number of allylic oxidation sites excluding steroid dienone is 2. The summed E-state index contributed by atoms with van der Waals surface area (Å²) in [6.45, 7) is 3.28. The molecule has 2 saturated heterocycles. The van der Waals surface area contributed by atoms with E-state index in [1.807, 2.05) is 9.80 Å². The molecule has 4 atom stereocenters. The molecule has 2 heterocycles. The van der Waals surface area contributed by atoms with Crippen LogP contribution in [-0.4, -0.2) is 60.5 Å². The van der Waals surface area contributed by atoms with Gasteiger partial charge in [-0.25, -0.2) is 0 Å². The Morgan fingerprint density at radius 2 is 1.96 bits per heavy atom. The number of ether oxygens (including phenoxy) is 1. The lowest BCUT2D eigenvalue weighted by molar-refractivity contribution is -0.144. The van der Waals surface area contributed by atoms with Crippen molar-refractivity contribution in [3.8, 4) is 0 Å². The van der Waals surface area contributed by atoms with Crippen LogP contribution in [0.5, 0.6) is 0 Å². The van der Waals surface area contributed by atoms with Gasteiger partial charge in [0.25, 0.3) is 0 Å². The van der Waals surface area contributed by atoms with Crippen molar-refractivity contribution < 1.29 is 14.3 Å². The first kappa shape index (κ1) is 16.1. The van der Waals surface area contributed by atoms with Crippen molar-refractivity contribution in [3.05, 3.63) is 12.2 Å². The highest BCUT2D eigenvalue weighted by atomic mass is 16.5. The number of rotatable bonds is 5. The lowest BCUT2D eigenvalue weighted by Crippen LogP contribution is -2.47. The van der Waals surface area contributed by atoms with Gasteiger partial charge in [0.1, 0.15) is 0 Å². The first-order valence-electron chi connectivity index (χ1n) is 9.57. The van der Waals surface area contributed by atoms with Crippen molar-refractivity contribution >= 4 is 11.8 Å². The average molecular weight is 332 g/mol. The summed E-state index contributed by atoms with van der Waals surface area (Å²) in [6, 6.07) is 0. The number of amides is 2. The van der Waals surface area contributed by atoms with Gasteiger partial charge in [0, 0.05) is 32.2 Å². The quantitative estimate of drug-likeness (QED) is 0.722. The largest absolute Gasteiger partial charge is 0.376 e. The summed E-state index contributed by atoms with van der Waals surface area (Å²) in [5.74, 6) is 1.32. The second-order valence-corrected chi connectivity index (χ2v) is 7.83. The maximum Gasteiger partial charge on any atom is 0.242 e. The van der Waals surface area contributed by atoms with Crippen molar-refractivity contribution in [3.63, 3.8) is 0 Å². The van der Waals surface area contributed by atoms with Gasteiger partial charge in [0.2, 0.25) is 11.8 Å². The zero-order chi connectivity index (χ0) is 16.5. The smallest absolute Gasteiger partial charge is 0.242 e. The summed E-state index contributed by atoms with van der Waals surface area (Å²) in [4.78, 5) is 29.5. The van der Waals surface area contributed by atoms with E-state index in [1.54, 1.807) is 0 Å². The van der Waals surface area contributed by atoms with Gasteiger partial charge in [-0.1, -0.05) is 12.2 Å². The molecule has 4 aliphatic rings. The lowest BCUT2D eigenvalue weighted by atomic mass is 9.92. The van der Waals surface area contributed by atoms with Crippen LogP contribution in [0.3, 0.4) is 0 Å². The second-order valence-electron chi connectivity index (χ2n) is 7.83. The normalized spacial score (nSPS) is 34.2. The Bertz CT molecular complexity index is 521. The predicted molar refractivity (Wildman–Crippen MR) is 90.2 cm³/mol. The Kier molecular flexibility index (Phi) is 4.61. The van der Waals surface area contributed by atoms with E-state index in [1.165, 1.54) is 0 Å². The van der Waals surface area contributed by atoms with Crippen molar-refractivity contribution in [1.82, 2.24) is 9.80 Å². The van der Waals surface area contributed by atoms with Crippen LogP contribution in [0.4, 0.5) is 0 Å². The van der Waals surface area contributed by atoms with Crippen LogP contribution in [0.2, 0.25) is 0 Å². The van der Waals surface area contributed by atoms with Gasteiger partial charge in [-0.3, -0.25) is 9.59 Å². The Morgan fingerprint density at radius 1 is 1.12 bits per heavy atom. The van der Waals surface area contributed by atoms with Crippen molar-refractivity contribution in [2.75, 3.05) is 32.8 Å². The lowest BCUT2D eigenvalue weighted by Gasteiger charge is -2.31. The van der Waals surface area contributed by atoms with E-state index in [9.17, 15) is 9.59 Å². The Balaban J connectivity index is 1.43. The van der Waals surface area contributed by atoms with Gasteiger partial charge < -0.3 is 14.5 Å². The van der Waals surface area contributed by atoms with Gasteiger partial charge >= 0.3 is 0 Å². The fourth-order valence-electron chi connectivity index (χ4n) is 4.80. The van der Waals surface area contributed by atoms with E-state index in [2.05, 4.69) is 12.2 Å². The fourth-order valence-corrected chi connectivity index (χ4v) is 4.80. The Labute approximate surface area is 144 Å². The first-order chi connectivity index (χ1) is 11.7.